The summed E-state index contributed by atoms with van der Waals surface area (Å²) in [6, 6.07) is 11.7. The molecule has 3 aromatic rings. The van der Waals surface area contributed by atoms with Crippen LogP contribution in [0.15, 0.2) is 53.4 Å². The van der Waals surface area contributed by atoms with Crippen LogP contribution in [0.1, 0.15) is 31.1 Å². The number of anilines is 1. The Bertz CT molecular complexity index is 1270. The summed E-state index contributed by atoms with van der Waals surface area (Å²) in [7, 11) is 0. The molecule has 11 heteroatoms. The SMILES string of the molecule is O=C(CSc1cccc(NC(=O)c2c(Cl)c(Cl)c(Cl)c(Cl)c2C(=O)O)c1)c1ccc(F)cc1. The van der Waals surface area contributed by atoms with Gasteiger partial charge in [0.1, 0.15) is 5.82 Å². The van der Waals surface area contributed by atoms with E-state index in [0.29, 0.717) is 16.1 Å². The highest BCUT2D eigenvalue weighted by Crippen LogP contribution is 2.41. The zero-order valence-corrected chi connectivity index (χ0v) is 20.1. The van der Waals surface area contributed by atoms with Gasteiger partial charge in [-0.05, 0) is 42.5 Å². The van der Waals surface area contributed by atoms with Gasteiger partial charge >= 0.3 is 5.97 Å². The normalized spacial score (nSPS) is 10.7. The fourth-order valence-electron chi connectivity index (χ4n) is 2.77. The second-order valence-corrected chi connectivity index (χ2v) is 9.07. The lowest BCUT2D eigenvalue weighted by Gasteiger charge is -2.14. The van der Waals surface area contributed by atoms with E-state index in [1.165, 1.54) is 36.0 Å². The molecule has 33 heavy (non-hydrogen) atoms. The first kappa shape index (κ1) is 25.3. The fraction of sp³-hybridized carbons (Fsp3) is 0.0455. The van der Waals surface area contributed by atoms with Gasteiger partial charge in [-0.3, -0.25) is 9.59 Å². The van der Waals surface area contributed by atoms with Crippen LogP contribution in [0, 0.1) is 5.82 Å². The third-order valence-electron chi connectivity index (χ3n) is 4.34. The average molecular weight is 547 g/mol. The highest BCUT2D eigenvalue weighted by atomic mass is 35.5. The van der Waals surface area contributed by atoms with Crippen LogP contribution in [0.4, 0.5) is 10.1 Å². The third-order valence-corrected chi connectivity index (χ3v) is 7.13. The molecule has 170 valence electrons. The van der Waals surface area contributed by atoms with Gasteiger partial charge in [0.2, 0.25) is 0 Å². The number of benzene rings is 3. The number of halogens is 5. The van der Waals surface area contributed by atoms with E-state index in [1.807, 2.05) is 0 Å². The van der Waals surface area contributed by atoms with Crippen molar-refractivity contribution in [1.82, 2.24) is 0 Å². The van der Waals surface area contributed by atoms with E-state index in [0.717, 1.165) is 0 Å². The Kier molecular flexibility index (Phi) is 8.26. The third kappa shape index (κ3) is 5.80. The molecule has 0 saturated heterocycles. The molecule has 0 heterocycles. The number of thioether (sulfide) groups is 1. The smallest absolute Gasteiger partial charge is 0.338 e. The van der Waals surface area contributed by atoms with Crippen molar-refractivity contribution >= 4 is 81.5 Å². The van der Waals surface area contributed by atoms with Crippen LogP contribution in [0.25, 0.3) is 0 Å². The number of ketones is 1. The topological polar surface area (TPSA) is 83.5 Å². The molecule has 0 saturated carbocycles. The van der Waals surface area contributed by atoms with E-state index >= 15 is 0 Å². The number of rotatable bonds is 7. The lowest BCUT2D eigenvalue weighted by atomic mass is 10.1. The standard InChI is InChI=1S/C22H12Cl4FNO4S/c23-17-15(16(22(31)32)18(24)20(26)19(17)25)21(30)28-12-2-1-3-13(8-12)33-9-14(29)10-4-6-11(27)7-5-10/h1-8H,9H2,(H,28,30)(H,31,32). The lowest BCUT2D eigenvalue weighted by molar-refractivity contribution is 0.0692. The molecule has 5 nitrogen and oxygen atoms in total. The molecule has 0 fully saturated rings. The van der Waals surface area contributed by atoms with Crippen molar-refractivity contribution in [3.63, 3.8) is 0 Å². The molecule has 3 aromatic carbocycles. The molecule has 0 spiro atoms. The van der Waals surface area contributed by atoms with Gasteiger partial charge in [-0.1, -0.05) is 52.5 Å². The summed E-state index contributed by atoms with van der Waals surface area (Å²) in [6.07, 6.45) is 0. The van der Waals surface area contributed by atoms with E-state index in [4.69, 9.17) is 46.4 Å². The molecule has 1 amide bonds. The number of hydrogen-bond acceptors (Lipinski definition) is 4. The number of carboxylic acids is 1. The molecule has 2 N–H and O–H groups in total. The molecule has 0 aromatic heterocycles. The largest absolute Gasteiger partial charge is 0.478 e. The molecule has 0 atom stereocenters. The van der Waals surface area contributed by atoms with Gasteiger partial charge in [0, 0.05) is 16.1 Å². The maximum Gasteiger partial charge on any atom is 0.338 e. The zero-order valence-electron chi connectivity index (χ0n) is 16.3. The Morgan fingerprint density at radius 1 is 0.879 bits per heavy atom. The number of carbonyl (C=O) groups excluding carboxylic acids is 2. The Morgan fingerprint density at radius 3 is 2.09 bits per heavy atom. The van der Waals surface area contributed by atoms with Crippen molar-refractivity contribution in [2.45, 2.75) is 4.90 Å². The molecule has 3 rings (SSSR count). The van der Waals surface area contributed by atoms with Crippen molar-refractivity contribution in [2.24, 2.45) is 0 Å². The molecule has 0 aliphatic carbocycles. The van der Waals surface area contributed by atoms with Crippen LogP contribution in [0.5, 0.6) is 0 Å². The molecule has 0 unspecified atom stereocenters. The summed E-state index contributed by atoms with van der Waals surface area (Å²) < 4.78 is 13.0. The van der Waals surface area contributed by atoms with Crippen LogP contribution >= 0.6 is 58.2 Å². The molecule has 0 radical (unpaired) electrons. The van der Waals surface area contributed by atoms with Gasteiger partial charge < -0.3 is 10.4 Å². The summed E-state index contributed by atoms with van der Waals surface area (Å²) in [5, 5.41) is 10.8. The lowest BCUT2D eigenvalue weighted by Crippen LogP contribution is -2.18. The average Bonchev–Trinajstić information content (AvgIpc) is 2.78. The quantitative estimate of drug-likeness (QED) is 0.140. The number of carbonyl (C=O) groups is 3. The summed E-state index contributed by atoms with van der Waals surface area (Å²) in [4.78, 5) is 37.5. The predicted molar refractivity (Wildman–Crippen MR) is 129 cm³/mol. The van der Waals surface area contributed by atoms with E-state index in [1.54, 1.807) is 24.3 Å². The summed E-state index contributed by atoms with van der Waals surface area (Å²) in [5.74, 6) is -2.91. The minimum atomic E-state index is -1.51. The molecule has 0 aliphatic rings. The fourth-order valence-corrected chi connectivity index (χ4v) is 4.64. The molecule has 0 aliphatic heterocycles. The number of hydrogen-bond donors (Lipinski definition) is 2. The van der Waals surface area contributed by atoms with Crippen molar-refractivity contribution in [3.05, 3.63) is 91.1 Å². The van der Waals surface area contributed by atoms with Crippen LogP contribution < -0.4 is 5.32 Å². The number of Topliss-reactive ketones (excluding diaryl/α,β-unsaturated/α-hetero) is 1. The van der Waals surface area contributed by atoms with Gasteiger partial charge in [0.05, 0.1) is 37.0 Å². The van der Waals surface area contributed by atoms with E-state index in [9.17, 15) is 23.9 Å². The Hall–Kier alpha value is -2.29. The minimum Gasteiger partial charge on any atom is -0.478 e. The van der Waals surface area contributed by atoms with Gasteiger partial charge in [0.25, 0.3) is 5.91 Å². The second kappa shape index (κ2) is 10.8. The number of aromatic carboxylic acids is 1. The maximum atomic E-state index is 13.0. The van der Waals surface area contributed by atoms with Gasteiger partial charge in [0.15, 0.2) is 5.78 Å². The Labute approximate surface area is 211 Å². The van der Waals surface area contributed by atoms with Gasteiger partial charge in [-0.25, -0.2) is 9.18 Å². The Morgan fingerprint density at radius 2 is 1.48 bits per heavy atom. The van der Waals surface area contributed by atoms with Crippen LogP contribution in [-0.2, 0) is 0 Å². The summed E-state index contributed by atoms with van der Waals surface area (Å²) >= 11 is 25.2. The molecule has 0 bridgehead atoms. The Balaban J connectivity index is 1.79. The maximum absolute atomic E-state index is 13.0. The highest BCUT2D eigenvalue weighted by Gasteiger charge is 2.29. The number of carboxylic acid groups (broad SMARTS) is 1. The van der Waals surface area contributed by atoms with Crippen molar-refractivity contribution in [3.8, 4) is 0 Å². The zero-order chi connectivity index (χ0) is 24.3. The first-order chi connectivity index (χ1) is 15.6. The van der Waals surface area contributed by atoms with Crippen LogP contribution in [-0.4, -0.2) is 28.5 Å². The summed E-state index contributed by atoms with van der Waals surface area (Å²) in [5.41, 5.74) is -0.327. The molecular formula is C22H12Cl4FNO4S. The van der Waals surface area contributed by atoms with Crippen LogP contribution in [0.2, 0.25) is 20.1 Å². The van der Waals surface area contributed by atoms with Crippen molar-refractivity contribution < 1.29 is 23.9 Å². The number of amides is 1. The van der Waals surface area contributed by atoms with Gasteiger partial charge in [-0.15, -0.1) is 11.8 Å². The first-order valence-electron chi connectivity index (χ1n) is 9.02. The monoisotopic (exact) mass is 545 g/mol. The van der Waals surface area contributed by atoms with E-state index < -0.39 is 33.8 Å². The minimum absolute atomic E-state index is 0.0838. The summed E-state index contributed by atoms with van der Waals surface area (Å²) in [6.45, 7) is 0. The van der Waals surface area contributed by atoms with E-state index in [-0.39, 0.29) is 26.6 Å². The van der Waals surface area contributed by atoms with Gasteiger partial charge in [-0.2, -0.15) is 0 Å². The number of nitrogens with one attached hydrogen (secondary N) is 1. The first-order valence-corrected chi connectivity index (χ1v) is 11.5. The highest BCUT2D eigenvalue weighted by molar-refractivity contribution is 8.00. The van der Waals surface area contributed by atoms with E-state index in [2.05, 4.69) is 5.32 Å². The second-order valence-electron chi connectivity index (χ2n) is 6.51. The molecular weight excluding hydrogens is 535 g/mol. The van der Waals surface area contributed by atoms with Crippen molar-refractivity contribution in [1.29, 1.82) is 0 Å². The predicted octanol–water partition coefficient (Wildman–Crippen LogP) is 7.36. The van der Waals surface area contributed by atoms with Crippen LogP contribution in [0.3, 0.4) is 0 Å². The van der Waals surface area contributed by atoms with Crippen molar-refractivity contribution in [2.75, 3.05) is 11.1 Å².